The first-order valence-electron chi connectivity index (χ1n) is 9.10. The molecule has 0 radical (unpaired) electrons. The standard InChI is InChI=1S/C14H10.C4H6N2O3S.2C2H6/c1-2-6-12-10-14-8-4-3-7-13(14)9-11(12)5-1;1-4(3-5)6-9-10(2,7)8;2*1-2/h1-10H;1-2H3;2*1-2H3/b;6-4-;;. The highest BCUT2D eigenvalue weighted by Gasteiger charge is 1.98. The molecule has 28 heavy (non-hydrogen) atoms. The van der Waals surface area contributed by atoms with E-state index in [2.05, 4.69) is 70.1 Å². The monoisotopic (exact) mass is 400 g/mol. The molecular formula is C22H28N2O3S. The van der Waals surface area contributed by atoms with Crippen LogP contribution in [-0.4, -0.2) is 20.4 Å². The van der Waals surface area contributed by atoms with Crippen LogP contribution in [0, 0.1) is 11.3 Å². The summed E-state index contributed by atoms with van der Waals surface area (Å²) in [5.41, 5.74) is -0.0366. The minimum Gasteiger partial charge on any atom is -0.268 e. The Labute approximate surface area is 168 Å². The Morgan fingerprint density at radius 3 is 1.43 bits per heavy atom. The summed E-state index contributed by atoms with van der Waals surface area (Å²) >= 11 is 0. The highest BCUT2D eigenvalue weighted by atomic mass is 32.2. The van der Waals surface area contributed by atoms with Crippen molar-refractivity contribution in [1.82, 2.24) is 0 Å². The molecule has 3 aromatic rings. The second-order valence-electron chi connectivity index (χ2n) is 5.11. The van der Waals surface area contributed by atoms with Crippen molar-refractivity contribution >= 4 is 37.4 Å². The zero-order valence-corrected chi connectivity index (χ0v) is 18.1. The largest absolute Gasteiger partial charge is 0.325 e. The molecule has 0 N–H and O–H groups in total. The molecule has 0 bridgehead atoms. The van der Waals surface area contributed by atoms with E-state index in [0.717, 1.165) is 6.26 Å². The molecule has 0 aliphatic carbocycles. The summed E-state index contributed by atoms with van der Waals surface area (Å²) in [4.78, 5) is 0. The van der Waals surface area contributed by atoms with E-state index in [1.54, 1.807) is 6.07 Å². The van der Waals surface area contributed by atoms with Crippen molar-refractivity contribution in [2.45, 2.75) is 34.6 Å². The maximum absolute atomic E-state index is 10.2. The molecule has 0 saturated heterocycles. The predicted molar refractivity (Wildman–Crippen MR) is 119 cm³/mol. The van der Waals surface area contributed by atoms with Crippen molar-refractivity contribution in [3.63, 3.8) is 0 Å². The number of nitriles is 1. The fourth-order valence-electron chi connectivity index (χ4n) is 2.03. The van der Waals surface area contributed by atoms with Gasteiger partial charge in [0.1, 0.15) is 6.07 Å². The van der Waals surface area contributed by atoms with Crippen molar-refractivity contribution in [1.29, 1.82) is 5.26 Å². The Hall–Kier alpha value is -2.91. The number of hydrogen-bond donors (Lipinski definition) is 0. The number of nitrogens with zero attached hydrogens (tertiary/aromatic N) is 2. The highest BCUT2D eigenvalue weighted by molar-refractivity contribution is 7.85. The molecule has 0 aliphatic rings. The van der Waals surface area contributed by atoms with E-state index >= 15 is 0 Å². The first-order chi connectivity index (χ1) is 13.4. The second kappa shape index (κ2) is 13.3. The Balaban J connectivity index is 0.000000464. The first kappa shape index (κ1) is 25.1. The van der Waals surface area contributed by atoms with Gasteiger partial charge in [0.2, 0.25) is 0 Å². The van der Waals surface area contributed by atoms with Crippen molar-refractivity contribution < 1.29 is 12.7 Å². The van der Waals surface area contributed by atoms with E-state index in [9.17, 15) is 8.42 Å². The van der Waals surface area contributed by atoms with E-state index in [1.807, 2.05) is 27.7 Å². The molecule has 0 aliphatic heterocycles. The van der Waals surface area contributed by atoms with Crippen LogP contribution in [0.4, 0.5) is 0 Å². The average Bonchev–Trinajstić information content (AvgIpc) is 2.73. The minimum atomic E-state index is -3.57. The maximum atomic E-state index is 10.2. The Morgan fingerprint density at radius 2 is 1.18 bits per heavy atom. The SMILES string of the molecule is C/C(C#N)=N/OS(C)(=O)=O.CC.CC.c1ccc2cc3ccccc3cc2c1. The van der Waals surface area contributed by atoms with Gasteiger partial charge >= 0.3 is 10.1 Å². The summed E-state index contributed by atoms with van der Waals surface area (Å²) in [7, 11) is -3.57. The normalized spacial score (nSPS) is 10.2. The Morgan fingerprint density at radius 1 is 0.857 bits per heavy atom. The molecule has 0 saturated carbocycles. The Bertz CT molecular complexity index is 931. The third-order valence-corrected chi connectivity index (χ3v) is 3.43. The summed E-state index contributed by atoms with van der Waals surface area (Å²) in [5, 5.41) is 16.3. The number of hydrogen-bond acceptors (Lipinski definition) is 5. The maximum Gasteiger partial charge on any atom is 0.325 e. The average molecular weight is 401 g/mol. The lowest BCUT2D eigenvalue weighted by Crippen LogP contribution is -1.98. The molecular weight excluding hydrogens is 372 g/mol. The third kappa shape index (κ3) is 9.15. The van der Waals surface area contributed by atoms with Crippen LogP contribution < -0.4 is 0 Å². The molecule has 0 unspecified atom stereocenters. The van der Waals surface area contributed by atoms with Crippen LogP contribution in [-0.2, 0) is 14.4 Å². The van der Waals surface area contributed by atoms with Gasteiger partial charge in [0.25, 0.3) is 0 Å². The topological polar surface area (TPSA) is 79.5 Å². The zero-order chi connectivity index (χ0) is 21.6. The molecule has 5 nitrogen and oxygen atoms in total. The first-order valence-corrected chi connectivity index (χ1v) is 10.9. The minimum absolute atomic E-state index is 0.0366. The van der Waals surface area contributed by atoms with Gasteiger partial charge in [0, 0.05) is 0 Å². The van der Waals surface area contributed by atoms with E-state index in [1.165, 1.54) is 28.5 Å². The van der Waals surface area contributed by atoms with Crippen molar-refractivity contribution in [2.75, 3.05) is 6.26 Å². The van der Waals surface area contributed by atoms with Gasteiger partial charge in [-0.05, 0) is 40.6 Å². The van der Waals surface area contributed by atoms with Crippen LogP contribution in [0.15, 0.2) is 65.8 Å². The number of oxime groups is 1. The van der Waals surface area contributed by atoms with Gasteiger partial charge in [-0.2, -0.15) is 13.7 Å². The molecule has 0 atom stereocenters. The molecule has 0 spiro atoms. The summed E-state index contributed by atoms with van der Waals surface area (Å²) in [6, 6.07) is 23.0. The molecule has 150 valence electrons. The molecule has 3 rings (SSSR count). The van der Waals surface area contributed by atoms with Crippen LogP contribution in [0.25, 0.3) is 21.5 Å². The lowest BCUT2D eigenvalue weighted by molar-refractivity contribution is 0.343. The van der Waals surface area contributed by atoms with Gasteiger partial charge in [0.15, 0.2) is 5.71 Å². The molecule has 6 heteroatoms. The van der Waals surface area contributed by atoms with Crippen LogP contribution in [0.3, 0.4) is 0 Å². The van der Waals surface area contributed by atoms with Crippen molar-refractivity contribution in [3.05, 3.63) is 60.7 Å². The van der Waals surface area contributed by atoms with Gasteiger partial charge in [-0.25, -0.2) is 0 Å². The van der Waals surface area contributed by atoms with Crippen LogP contribution >= 0.6 is 0 Å². The second-order valence-corrected chi connectivity index (χ2v) is 6.67. The predicted octanol–water partition coefficient (Wildman–Crippen LogP) is 5.91. The fourth-order valence-corrected chi connectivity index (χ4v) is 2.27. The van der Waals surface area contributed by atoms with Crippen LogP contribution in [0.1, 0.15) is 34.6 Å². The van der Waals surface area contributed by atoms with Gasteiger partial charge in [0.05, 0.1) is 6.26 Å². The summed E-state index contributed by atoms with van der Waals surface area (Å²) in [5.74, 6) is 0. The van der Waals surface area contributed by atoms with Gasteiger partial charge in [-0.15, -0.1) is 0 Å². The van der Waals surface area contributed by atoms with E-state index in [0.29, 0.717) is 0 Å². The molecule has 0 aromatic heterocycles. The van der Waals surface area contributed by atoms with Crippen LogP contribution in [0.2, 0.25) is 0 Å². The lowest BCUT2D eigenvalue weighted by atomic mass is 10.0. The molecule has 0 fully saturated rings. The quantitative estimate of drug-likeness (QED) is 0.304. The zero-order valence-electron chi connectivity index (χ0n) is 17.3. The van der Waals surface area contributed by atoms with Crippen molar-refractivity contribution in [3.8, 4) is 6.07 Å². The van der Waals surface area contributed by atoms with Crippen LogP contribution in [0.5, 0.6) is 0 Å². The van der Waals surface area contributed by atoms with E-state index < -0.39 is 10.1 Å². The summed E-state index contributed by atoms with van der Waals surface area (Å²) < 4.78 is 24.3. The lowest BCUT2D eigenvalue weighted by Gasteiger charge is -2.00. The van der Waals surface area contributed by atoms with E-state index in [-0.39, 0.29) is 5.71 Å². The number of fused-ring (bicyclic) bond motifs is 2. The molecule has 0 amide bonds. The smallest absolute Gasteiger partial charge is 0.268 e. The van der Waals surface area contributed by atoms with Gasteiger partial charge in [-0.1, -0.05) is 81.4 Å². The van der Waals surface area contributed by atoms with Gasteiger partial charge < -0.3 is 0 Å². The van der Waals surface area contributed by atoms with Crippen molar-refractivity contribution in [2.24, 2.45) is 5.16 Å². The number of benzene rings is 3. The van der Waals surface area contributed by atoms with E-state index in [4.69, 9.17) is 5.26 Å². The molecule has 0 heterocycles. The molecule has 3 aromatic carbocycles. The number of rotatable bonds is 2. The fraction of sp³-hybridized carbons (Fsp3) is 0.273. The Kier molecular flexibility index (Phi) is 11.9. The van der Waals surface area contributed by atoms with Gasteiger partial charge in [-0.3, -0.25) is 4.28 Å². The third-order valence-electron chi connectivity index (χ3n) is 3.09. The summed E-state index contributed by atoms with van der Waals surface area (Å²) in [6.45, 7) is 9.34. The summed E-state index contributed by atoms with van der Waals surface area (Å²) in [6.07, 6.45) is 0.848. The highest BCUT2D eigenvalue weighted by Crippen LogP contribution is 2.21.